The van der Waals surface area contributed by atoms with Gasteiger partial charge in [0.1, 0.15) is 11.8 Å². The molecular formula is C16H14N2O5. The monoisotopic (exact) mass is 314 g/mol. The van der Waals surface area contributed by atoms with Gasteiger partial charge in [0.05, 0.1) is 12.8 Å². The summed E-state index contributed by atoms with van der Waals surface area (Å²) in [5.41, 5.74) is 0.235. The summed E-state index contributed by atoms with van der Waals surface area (Å²) in [4.78, 5) is 23.5. The van der Waals surface area contributed by atoms with Gasteiger partial charge in [-0.1, -0.05) is 0 Å². The minimum absolute atomic E-state index is 0.120. The van der Waals surface area contributed by atoms with E-state index in [1.807, 2.05) is 0 Å². The Bertz CT molecular complexity index is 866. The summed E-state index contributed by atoms with van der Waals surface area (Å²) < 4.78 is 10.6. The van der Waals surface area contributed by atoms with Gasteiger partial charge in [-0.05, 0) is 25.1 Å². The number of nitriles is 1. The highest BCUT2D eigenvalue weighted by Crippen LogP contribution is 2.34. The van der Waals surface area contributed by atoms with Crippen LogP contribution in [-0.2, 0) is 4.79 Å². The molecule has 0 fully saturated rings. The molecule has 0 aliphatic rings. The number of fused-ring (bicyclic) bond motifs is 1. The summed E-state index contributed by atoms with van der Waals surface area (Å²) in [5, 5.41) is 21.2. The molecule has 7 heteroatoms. The fourth-order valence-corrected chi connectivity index (χ4v) is 2.02. The van der Waals surface area contributed by atoms with E-state index in [0.29, 0.717) is 22.4 Å². The van der Waals surface area contributed by atoms with Gasteiger partial charge in [-0.2, -0.15) is 5.26 Å². The van der Waals surface area contributed by atoms with E-state index in [0.717, 1.165) is 0 Å². The van der Waals surface area contributed by atoms with Crippen molar-refractivity contribution in [3.63, 3.8) is 0 Å². The first-order valence-electron chi connectivity index (χ1n) is 6.61. The number of allylic oxidation sites excluding steroid dienone is 1. The topological polar surface area (TPSA) is 113 Å². The van der Waals surface area contributed by atoms with Crippen molar-refractivity contribution >= 4 is 28.3 Å². The van der Waals surface area contributed by atoms with Crippen LogP contribution in [0.3, 0.4) is 0 Å². The van der Waals surface area contributed by atoms with Crippen molar-refractivity contribution in [3.05, 3.63) is 35.3 Å². The number of carbonyl (C=O) groups excluding carboxylic acids is 2. The zero-order chi connectivity index (χ0) is 17.1. The third-order valence-electron chi connectivity index (χ3n) is 3.16. The number of benzene rings is 1. The molecule has 118 valence electrons. The number of hydrogen-bond acceptors (Lipinski definition) is 6. The maximum atomic E-state index is 12.0. The molecule has 0 atom stereocenters. The van der Waals surface area contributed by atoms with Crippen LogP contribution >= 0.6 is 0 Å². The van der Waals surface area contributed by atoms with Gasteiger partial charge in [0, 0.05) is 12.3 Å². The summed E-state index contributed by atoms with van der Waals surface area (Å²) >= 11 is 0. The summed E-state index contributed by atoms with van der Waals surface area (Å²) in [7, 11) is 1.45. The Kier molecular flexibility index (Phi) is 4.37. The summed E-state index contributed by atoms with van der Waals surface area (Å²) in [6, 6.07) is 6.23. The second-order valence-electron chi connectivity index (χ2n) is 4.75. The molecule has 1 amide bonds. The number of rotatable bonds is 4. The molecule has 0 radical (unpaired) electrons. The smallest absolute Gasteiger partial charge is 0.269 e. The Labute approximate surface area is 131 Å². The van der Waals surface area contributed by atoms with Gasteiger partial charge in [-0.3, -0.25) is 9.59 Å². The molecule has 7 nitrogen and oxygen atoms in total. The van der Waals surface area contributed by atoms with Crippen LogP contribution < -0.4 is 10.1 Å². The second-order valence-corrected chi connectivity index (χ2v) is 4.75. The van der Waals surface area contributed by atoms with Crippen molar-refractivity contribution in [1.82, 2.24) is 0 Å². The van der Waals surface area contributed by atoms with Crippen molar-refractivity contribution < 1.29 is 23.8 Å². The number of ketones is 1. The molecule has 0 aliphatic carbocycles. The normalized spacial score (nSPS) is 11.6. The Morgan fingerprint density at radius 1 is 1.35 bits per heavy atom. The van der Waals surface area contributed by atoms with E-state index in [1.54, 1.807) is 18.2 Å². The van der Waals surface area contributed by atoms with Crippen LogP contribution in [0.15, 0.2) is 33.9 Å². The lowest BCUT2D eigenvalue weighted by Crippen LogP contribution is -2.15. The average Bonchev–Trinajstić information content (AvgIpc) is 2.93. The van der Waals surface area contributed by atoms with Gasteiger partial charge in [0.15, 0.2) is 28.4 Å². The van der Waals surface area contributed by atoms with Crippen LogP contribution in [0.2, 0.25) is 0 Å². The summed E-state index contributed by atoms with van der Waals surface area (Å²) in [6.45, 7) is 2.60. The lowest BCUT2D eigenvalue weighted by molar-refractivity contribution is -0.112. The number of hydrogen-bond donors (Lipinski definition) is 2. The number of Topliss-reactive ketones (excluding diaryl/α,β-unsaturated/α-hetero) is 1. The maximum Gasteiger partial charge on any atom is 0.269 e. The lowest BCUT2D eigenvalue weighted by Gasteiger charge is -2.08. The molecule has 0 unspecified atom stereocenters. The fraction of sp³-hybridized carbons (Fsp3) is 0.188. The zero-order valence-corrected chi connectivity index (χ0v) is 12.8. The fourth-order valence-electron chi connectivity index (χ4n) is 2.02. The van der Waals surface area contributed by atoms with Gasteiger partial charge < -0.3 is 19.6 Å². The molecule has 2 rings (SSSR count). The molecule has 0 saturated heterocycles. The number of aliphatic hydroxyl groups is 1. The number of nitrogens with zero attached hydrogens (tertiary/aromatic N) is 1. The number of furan rings is 1. The SMILES string of the molecule is COc1ccc(NC(=O)C(C#N)=C(C)O)c2cc(C(C)=O)oc12. The second kappa shape index (κ2) is 6.23. The van der Waals surface area contributed by atoms with E-state index in [4.69, 9.17) is 14.4 Å². The molecule has 0 aliphatic heterocycles. The lowest BCUT2D eigenvalue weighted by atomic mass is 10.1. The van der Waals surface area contributed by atoms with E-state index in [-0.39, 0.29) is 17.3 Å². The van der Waals surface area contributed by atoms with Crippen molar-refractivity contribution in [1.29, 1.82) is 5.26 Å². The van der Waals surface area contributed by atoms with Crippen LogP contribution in [-0.4, -0.2) is 23.9 Å². The number of anilines is 1. The van der Waals surface area contributed by atoms with Gasteiger partial charge in [-0.15, -0.1) is 0 Å². The highest BCUT2D eigenvalue weighted by atomic mass is 16.5. The molecule has 0 spiro atoms. The first-order chi connectivity index (χ1) is 10.9. The minimum Gasteiger partial charge on any atom is -0.511 e. The molecule has 1 heterocycles. The van der Waals surface area contributed by atoms with Crippen molar-refractivity contribution in [2.24, 2.45) is 0 Å². The molecule has 0 saturated carbocycles. The molecular weight excluding hydrogens is 300 g/mol. The first-order valence-corrected chi connectivity index (χ1v) is 6.61. The molecule has 0 bridgehead atoms. The minimum atomic E-state index is -0.760. The number of nitrogens with one attached hydrogen (secondary N) is 1. The van der Waals surface area contributed by atoms with Gasteiger partial charge in [-0.25, -0.2) is 0 Å². The van der Waals surface area contributed by atoms with Gasteiger partial charge >= 0.3 is 0 Å². The highest BCUT2D eigenvalue weighted by molar-refractivity contribution is 6.12. The number of carbonyl (C=O) groups is 2. The highest BCUT2D eigenvalue weighted by Gasteiger charge is 2.18. The number of methoxy groups -OCH3 is 1. The van der Waals surface area contributed by atoms with E-state index in [9.17, 15) is 14.7 Å². The average molecular weight is 314 g/mol. The Hall–Kier alpha value is -3.27. The molecule has 2 aromatic rings. The van der Waals surface area contributed by atoms with E-state index in [1.165, 1.54) is 27.0 Å². The zero-order valence-electron chi connectivity index (χ0n) is 12.8. The third kappa shape index (κ3) is 3.01. The van der Waals surface area contributed by atoms with Crippen molar-refractivity contribution in [2.75, 3.05) is 12.4 Å². The summed E-state index contributed by atoms with van der Waals surface area (Å²) in [6.07, 6.45) is 0. The largest absolute Gasteiger partial charge is 0.511 e. The molecule has 2 N–H and O–H groups in total. The van der Waals surface area contributed by atoms with Gasteiger partial charge in [0.2, 0.25) is 0 Å². The van der Waals surface area contributed by atoms with Gasteiger partial charge in [0.25, 0.3) is 5.91 Å². The Morgan fingerprint density at radius 3 is 2.57 bits per heavy atom. The number of aliphatic hydroxyl groups excluding tert-OH is 1. The van der Waals surface area contributed by atoms with Crippen molar-refractivity contribution in [3.8, 4) is 11.8 Å². The summed E-state index contributed by atoms with van der Waals surface area (Å²) in [5.74, 6) is -0.894. The van der Waals surface area contributed by atoms with Crippen LogP contribution in [0.25, 0.3) is 11.0 Å². The molecule has 1 aromatic carbocycles. The Balaban J connectivity index is 2.54. The molecule has 1 aromatic heterocycles. The van der Waals surface area contributed by atoms with Crippen LogP contribution in [0.1, 0.15) is 24.4 Å². The first kappa shape index (κ1) is 16.1. The van der Waals surface area contributed by atoms with Crippen molar-refractivity contribution in [2.45, 2.75) is 13.8 Å². The van der Waals surface area contributed by atoms with Crippen LogP contribution in [0.5, 0.6) is 5.75 Å². The predicted molar refractivity (Wildman–Crippen MR) is 82.3 cm³/mol. The van der Waals surface area contributed by atoms with E-state index >= 15 is 0 Å². The predicted octanol–water partition coefficient (Wildman–Crippen LogP) is 2.94. The standard InChI is InChI=1S/C16H14N2O5/c1-8(19)11(7-17)16(21)18-12-4-5-13(22-3)15-10(12)6-14(23-15)9(2)20/h4-6,19H,1-3H3,(H,18,21). The maximum absolute atomic E-state index is 12.0. The van der Waals surface area contributed by atoms with Crippen LogP contribution in [0, 0.1) is 11.3 Å². The van der Waals surface area contributed by atoms with E-state index in [2.05, 4.69) is 5.32 Å². The Morgan fingerprint density at radius 2 is 2.04 bits per heavy atom. The number of ether oxygens (including phenoxy) is 1. The third-order valence-corrected chi connectivity index (χ3v) is 3.16. The molecule has 23 heavy (non-hydrogen) atoms. The quantitative estimate of drug-likeness (QED) is 0.388. The van der Waals surface area contributed by atoms with E-state index < -0.39 is 11.5 Å². The number of amides is 1. The van der Waals surface area contributed by atoms with Crippen LogP contribution in [0.4, 0.5) is 5.69 Å².